The lowest BCUT2D eigenvalue weighted by atomic mass is 10.1. The molecule has 0 spiro atoms. The first kappa shape index (κ1) is 15.5. The summed E-state index contributed by atoms with van der Waals surface area (Å²) in [7, 11) is -2.04. The van der Waals surface area contributed by atoms with Gasteiger partial charge in [0.15, 0.2) is 0 Å². The van der Waals surface area contributed by atoms with E-state index in [9.17, 15) is 12.8 Å². The van der Waals surface area contributed by atoms with Crippen molar-refractivity contribution in [2.75, 3.05) is 4.72 Å². The lowest BCUT2D eigenvalue weighted by Crippen LogP contribution is -2.14. The predicted molar refractivity (Wildman–Crippen MR) is 79.3 cm³/mol. The molecule has 0 amide bonds. The molecular weight excluding hydrogens is 293 g/mol. The molecule has 0 saturated heterocycles. The Morgan fingerprint density at radius 2 is 1.86 bits per heavy atom. The topological polar surface area (TPSA) is 64.0 Å². The van der Waals surface area contributed by atoms with Crippen molar-refractivity contribution in [3.63, 3.8) is 0 Å². The Kier molecular flexibility index (Phi) is 4.04. The van der Waals surface area contributed by atoms with Crippen LogP contribution in [0, 0.1) is 19.7 Å². The lowest BCUT2D eigenvalue weighted by molar-refractivity contribution is 0.595. The van der Waals surface area contributed by atoms with Crippen LogP contribution in [-0.4, -0.2) is 18.2 Å². The molecule has 0 fully saturated rings. The van der Waals surface area contributed by atoms with Gasteiger partial charge < -0.3 is 0 Å². The third-order valence-corrected chi connectivity index (χ3v) is 4.55. The van der Waals surface area contributed by atoms with Crippen LogP contribution in [0.3, 0.4) is 0 Å². The van der Waals surface area contributed by atoms with Gasteiger partial charge in [-0.2, -0.15) is 5.10 Å². The van der Waals surface area contributed by atoms with Gasteiger partial charge in [-0.15, -0.1) is 0 Å². The minimum Gasteiger partial charge on any atom is -0.276 e. The molecule has 0 atom stereocenters. The quantitative estimate of drug-likeness (QED) is 0.943. The minimum atomic E-state index is -3.76. The molecule has 1 N–H and O–H groups in total. The highest BCUT2D eigenvalue weighted by Gasteiger charge is 2.19. The van der Waals surface area contributed by atoms with E-state index in [-0.39, 0.29) is 10.7 Å². The number of nitrogens with one attached hydrogen (secondary N) is 1. The zero-order chi connectivity index (χ0) is 15.8. The van der Waals surface area contributed by atoms with Crippen molar-refractivity contribution in [3.8, 4) is 0 Å². The fourth-order valence-corrected chi connectivity index (χ4v) is 3.39. The molecule has 0 saturated carbocycles. The number of hydrogen-bond donors (Lipinski definition) is 1. The van der Waals surface area contributed by atoms with Gasteiger partial charge >= 0.3 is 0 Å². The van der Waals surface area contributed by atoms with E-state index in [0.717, 1.165) is 0 Å². The zero-order valence-electron chi connectivity index (χ0n) is 12.4. The maximum atomic E-state index is 13.6. The largest absolute Gasteiger partial charge is 0.276 e. The number of sulfonamides is 1. The fourth-order valence-electron chi connectivity index (χ4n) is 2.15. The van der Waals surface area contributed by atoms with E-state index in [1.165, 1.54) is 12.1 Å². The summed E-state index contributed by atoms with van der Waals surface area (Å²) in [5.74, 6) is -0.385. The monoisotopic (exact) mass is 311 g/mol. The summed E-state index contributed by atoms with van der Waals surface area (Å²) < 4.78 is 42.5. The molecule has 2 aromatic rings. The Morgan fingerprint density at radius 3 is 2.38 bits per heavy atom. The van der Waals surface area contributed by atoms with Crippen molar-refractivity contribution in [1.82, 2.24) is 9.78 Å². The maximum absolute atomic E-state index is 13.6. The molecule has 0 aliphatic heterocycles. The maximum Gasteiger partial charge on any atom is 0.262 e. The molecule has 0 aliphatic carbocycles. The standard InChI is InChI=1S/C14H18FN3O2S/c1-5-12-13(8-18(4)16-12)17-21(19,20)11-6-9(2)14(15)10(3)7-11/h6-8,17H,5H2,1-4H3. The predicted octanol–water partition coefficient (Wildman–Crippen LogP) is 2.54. The van der Waals surface area contributed by atoms with Crippen molar-refractivity contribution >= 4 is 15.7 Å². The smallest absolute Gasteiger partial charge is 0.262 e. The van der Waals surface area contributed by atoms with Crippen LogP contribution in [0.25, 0.3) is 0 Å². The second-order valence-corrected chi connectivity index (χ2v) is 6.68. The number of anilines is 1. The van der Waals surface area contributed by atoms with Gasteiger partial charge in [-0.1, -0.05) is 6.92 Å². The molecule has 1 heterocycles. The van der Waals surface area contributed by atoms with Crippen LogP contribution in [0.4, 0.5) is 10.1 Å². The summed E-state index contributed by atoms with van der Waals surface area (Å²) >= 11 is 0. The third kappa shape index (κ3) is 3.07. The van der Waals surface area contributed by atoms with E-state index in [2.05, 4.69) is 9.82 Å². The molecule has 21 heavy (non-hydrogen) atoms. The van der Waals surface area contributed by atoms with E-state index in [4.69, 9.17) is 0 Å². The van der Waals surface area contributed by atoms with E-state index < -0.39 is 10.0 Å². The van der Waals surface area contributed by atoms with Gasteiger partial charge in [0, 0.05) is 13.2 Å². The Morgan fingerprint density at radius 1 is 1.29 bits per heavy atom. The minimum absolute atomic E-state index is 0.0461. The number of nitrogens with zero attached hydrogens (tertiary/aromatic N) is 2. The van der Waals surface area contributed by atoms with Crippen LogP contribution in [0.2, 0.25) is 0 Å². The molecule has 7 heteroatoms. The van der Waals surface area contributed by atoms with Gasteiger partial charge in [0.2, 0.25) is 0 Å². The van der Waals surface area contributed by atoms with Crippen LogP contribution < -0.4 is 4.72 Å². The van der Waals surface area contributed by atoms with Crippen LogP contribution in [0.1, 0.15) is 23.7 Å². The van der Waals surface area contributed by atoms with Gasteiger partial charge in [-0.25, -0.2) is 12.8 Å². The van der Waals surface area contributed by atoms with E-state index in [0.29, 0.717) is 28.9 Å². The second kappa shape index (κ2) is 5.48. The molecule has 5 nitrogen and oxygen atoms in total. The Balaban J connectivity index is 2.43. The van der Waals surface area contributed by atoms with Gasteiger partial charge in [0.1, 0.15) is 5.82 Å². The van der Waals surface area contributed by atoms with Gasteiger partial charge in [-0.3, -0.25) is 9.40 Å². The van der Waals surface area contributed by atoms with Crippen molar-refractivity contribution in [3.05, 3.63) is 41.0 Å². The number of benzene rings is 1. The van der Waals surface area contributed by atoms with Crippen molar-refractivity contribution in [2.24, 2.45) is 7.05 Å². The summed E-state index contributed by atoms with van der Waals surface area (Å²) in [6, 6.07) is 2.65. The van der Waals surface area contributed by atoms with Crippen molar-refractivity contribution < 1.29 is 12.8 Å². The highest BCUT2D eigenvalue weighted by Crippen LogP contribution is 2.22. The molecule has 0 unspecified atom stereocenters. The van der Waals surface area contributed by atoms with Gasteiger partial charge in [0.05, 0.1) is 16.3 Å². The first-order chi connectivity index (χ1) is 9.74. The number of aryl methyl sites for hydroxylation is 4. The lowest BCUT2D eigenvalue weighted by Gasteiger charge is -2.10. The molecule has 0 aliphatic rings. The summed E-state index contributed by atoms with van der Waals surface area (Å²) in [5, 5.41) is 4.19. The van der Waals surface area contributed by atoms with Crippen LogP contribution in [-0.2, 0) is 23.5 Å². The average Bonchev–Trinajstić information content (AvgIpc) is 2.74. The molecule has 2 rings (SSSR count). The number of hydrogen-bond acceptors (Lipinski definition) is 3. The highest BCUT2D eigenvalue weighted by atomic mass is 32.2. The molecule has 0 bridgehead atoms. The van der Waals surface area contributed by atoms with Gasteiger partial charge in [0.25, 0.3) is 10.0 Å². The molecule has 1 aromatic carbocycles. The van der Waals surface area contributed by atoms with Crippen molar-refractivity contribution in [2.45, 2.75) is 32.1 Å². The first-order valence-electron chi connectivity index (χ1n) is 6.56. The Labute approximate surface area is 123 Å². The van der Waals surface area contributed by atoms with Crippen molar-refractivity contribution in [1.29, 1.82) is 0 Å². The Bertz CT molecular complexity index is 759. The van der Waals surface area contributed by atoms with Crippen LogP contribution >= 0.6 is 0 Å². The van der Waals surface area contributed by atoms with Crippen LogP contribution in [0.15, 0.2) is 23.2 Å². The SMILES string of the molecule is CCc1nn(C)cc1NS(=O)(=O)c1cc(C)c(F)c(C)c1. The summed E-state index contributed by atoms with van der Waals surface area (Å²) in [6.45, 7) is 4.98. The number of rotatable bonds is 4. The normalized spacial score (nSPS) is 11.7. The summed E-state index contributed by atoms with van der Waals surface area (Å²) in [4.78, 5) is 0.0461. The van der Waals surface area contributed by atoms with Crippen LogP contribution in [0.5, 0.6) is 0 Å². The fraction of sp³-hybridized carbons (Fsp3) is 0.357. The zero-order valence-corrected chi connectivity index (χ0v) is 13.3. The number of aromatic nitrogens is 2. The van der Waals surface area contributed by atoms with E-state index >= 15 is 0 Å². The molecular formula is C14H18FN3O2S. The Hall–Kier alpha value is -1.89. The second-order valence-electron chi connectivity index (χ2n) is 4.99. The highest BCUT2D eigenvalue weighted by molar-refractivity contribution is 7.92. The third-order valence-electron chi connectivity index (χ3n) is 3.20. The van der Waals surface area contributed by atoms with E-state index in [1.807, 2.05) is 6.92 Å². The summed E-state index contributed by atoms with van der Waals surface area (Å²) in [5.41, 5.74) is 1.71. The first-order valence-corrected chi connectivity index (χ1v) is 8.05. The number of halogens is 1. The molecule has 0 radical (unpaired) electrons. The van der Waals surface area contributed by atoms with Gasteiger partial charge in [-0.05, 0) is 43.5 Å². The average molecular weight is 311 g/mol. The van der Waals surface area contributed by atoms with E-state index in [1.54, 1.807) is 31.8 Å². The molecule has 114 valence electrons. The summed E-state index contributed by atoms with van der Waals surface area (Å²) in [6.07, 6.45) is 2.22. The molecule has 1 aromatic heterocycles.